The van der Waals surface area contributed by atoms with Gasteiger partial charge < -0.3 is 5.11 Å². The minimum absolute atomic E-state index is 0.0564. The van der Waals surface area contributed by atoms with Gasteiger partial charge in [0, 0.05) is 15.6 Å². The number of halogens is 1. The molecule has 0 unspecified atom stereocenters. The lowest BCUT2D eigenvalue weighted by Crippen LogP contribution is -2.09. The summed E-state index contributed by atoms with van der Waals surface area (Å²) in [6.45, 7) is 1.98. The second-order valence-corrected chi connectivity index (χ2v) is 8.68. The second kappa shape index (κ2) is 10.3. The van der Waals surface area contributed by atoms with Crippen LogP contribution in [0.15, 0.2) is 119 Å². The number of Topliss-reactive ketones (excluding diaryl/α,β-unsaturated/α-hetero) is 1. The molecule has 0 bridgehead atoms. The van der Waals surface area contributed by atoms with Crippen LogP contribution in [0.1, 0.15) is 32.6 Å². The van der Waals surface area contributed by atoms with Crippen molar-refractivity contribution in [1.82, 2.24) is 0 Å². The molecule has 3 heteroatoms. The number of ketones is 1. The summed E-state index contributed by atoms with van der Waals surface area (Å²) in [7, 11) is 0. The summed E-state index contributed by atoms with van der Waals surface area (Å²) in [6, 6.07) is 34.2. The summed E-state index contributed by atoms with van der Waals surface area (Å²) in [5.74, 6) is -0.291. The van der Waals surface area contributed by atoms with Gasteiger partial charge in [0.15, 0.2) is 5.78 Å². The van der Waals surface area contributed by atoms with Gasteiger partial charge in [-0.25, -0.2) is 0 Å². The first-order valence-corrected chi connectivity index (χ1v) is 11.5. The molecule has 4 aromatic rings. The maximum atomic E-state index is 13.9. The average molecular weight is 495 g/mol. The van der Waals surface area contributed by atoms with E-state index in [1.54, 1.807) is 24.3 Å². The monoisotopic (exact) mass is 494 g/mol. The van der Waals surface area contributed by atoms with E-state index < -0.39 is 0 Å². The predicted molar refractivity (Wildman–Crippen MR) is 140 cm³/mol. The summed E-state index contributed by atoms with van der Waals surface area (Å²) >= 11 is 3.44. The Balaban J connectivity index is 1.99. The van der Waals surface area contributed by atoms with Crippen molar-refractivity contribution in [2.24, 2.45) is 0 Å². The lowest BCUT2D eigenvalue weighted by Gasteiger charge is -2.16. The van der Waals surface area contributed by atoms with E-state index in [4.69, 9.17) is 0 Å². The lowest BCUT2D eigenvalue weighted by molar-refractivity contribution is 0.103. The molecule has 0 heterocycles. The molecule has 0 spiro atoms. The van der Waals surface area contributed by atoms with Crippen molar-refractivity contribution in [3.05, 3.63) is 147 Å². The van der Waals surface area contributed by atoms with Gasteiger partial charge in [-0.05, 0) is 41.8 Å². The number of aliphatic hydroxyl groups is 1. The van der Waals surface area contributed by atoms with Crippen LogP contribution in [0.3, 0.4) is 0 Å². The van der Waals surface area contributed by atoms with Gasteiger partial charge in [0.25, 0.3) is 0 Å². The molecule has 4 aromatic carbocycles. The zero-order chi connectivity index (χ0) is 23.2. The molecule has 0 aliphatic heterocycles. The van der Waals surface area contributed by atoms with Gasteiger partial charge >= 0.3 is 0 Å². The van der Waals surface area contributed by atoms with E-state index in [1.807, 2.05) is 97.9 Å². The third-order valence-electron chi connectivity index (χ3n) is 5.36. The van der Waals surface area contributed by atoms with Gasteiger partial charge in [-0.1, -0.05) is 119 Å². The number of benzene rings is 4. The van der Waals surface area contributed by atoms with E-state index in [9.17, 15) is 9.90 Å². The fourth-order valence-electron chi connectivity index (χ4n) is 3.59. The van der Waals surface area contributed by atoms with Crippen LogP contribution < -0.4 is 0 Å². The molecule has 0 radical (unpaired) electrons. The lowest BCUT2D eigenvalue weighted by atomic mass is 9.88. The van der Waals surface area contributed by atoms with E-state index in [1.165, 1.54) is 0 Å². The summed E-state index contributed by atoms with van der Waals surface area (Å²) in [4.78, 5) is 13.9. The third-order valence-corrected chi connectivity index (χ3v) is 5.89. The Kier molecular flexibility index (Phi) is 7.01. The quantitative estimate of drug-likeness (QED) is 0.0964. The normalized spacial score (nSPS) is 12.2. The number of carbonyl (C=O) groups is 1. The van der Waals surface area contributed by atoms with Crippen LogP contribution in [0.4, 0.5) is 0 Å². The molecule has 0 saturated carbocycles. The van der Waals surface area contributed by atoms with E-state index >= 15 is 0 Å². The Bertz CT molecular complexity index is 1300. The molecular formula is C30H23BrO2. The van der Waals surface area contributed by atoms with Crippen molar-refractivity contribution in [2.75, 3.05) is 0 Å². The van der Waals surface area contributed by atoms with Gasteiger partial charge in [-0.2, -0.15) is 0 Å². The molecule has 0 aromatic heterocycles. The largest absolute Gasteiger partial charge is 0.507 e. The molecule has 4 rings (SSSR count). The van der Waals surface area contributed by atoms with E-state index in [-0.39, 0.29) is 17.1 Å². The molecular weight excluding hydrogens is 472 g/mol. The van der Waals surface area contributed by atoms with Gasteiger partial charge in [-0.15, -0.1) is 0 Å². The van der Waals surface area contributed by atoms with Gasteiger partial charge in [0.05, 0.1) is 5.57 Å². The Labute approximate surface area is 202 Å². The highest BCUT2D eigenvalue weighted by molar-refractivity contribution is 9.10. The Morgan fingerprint density at radius 2 is 1.24 bits per heavy atom. The molecule has 0 aliphatic rings. The van der Waals surface area contributed by atoms with Gasteiger partial charge in [0.1, 0.15) is 5.76 Å². The zero-order valence-corrected chi connectivity index (χ0v) is 19.8. The first-order chi connectivity index (χ1) is 16.0. The van der Waals surface area contributed by atoms with Crippen LogP contribution in [0, 0.1) is 6.92 Å². The van der Waals surface area contributed by atoms with E-state index in [0.717, 1.165) is 21.2 Å². The third kappa shape index (κ3) is 5.39. The summed E-state index contributed by atoms with van der Waals surface area (Å²) < 4.78 is 0.897. The summed E-state index contributed by atoms with van der Waals surface area (Å²) in [6.07, 6.45) is 1.95. The number of carbonyl (C=O) groups excluding carboxylic acids is 1. The average Bonchev–Trinajstić information content (AvgIpc) is 2.85. The molecule has 0 fully saturated rings. The summed E-state index contributed by atoms with van der Waals surface area (Å²) in [5, 5.41) is 11.5. The minimum atomic E-state index is -0.235. The first-order valence-electron chi connectivity index (χ1n) is 10.7. The predicted octanol–water partition coefficient (Wildman–Crippen LogP) is 8.15. The number of allylic oxidation sites excluding steroid dienone is 2. The molecule has 33 heavy (non-hydrogen) atoms. The minimum Gasteiger partial charge on any atom is -0.507 e. The summed E-state index contributed by atoms with van der Waals surface area (Å²) in [5.41, 5.74) is 4.87. The van der Waals surface area contributed by atoms with E-state index in [2.05, 4.69) is 15.9 Å². The maximum Gasteiger partial charge on any atom is 0.197 e. The Hall–Kier alpha value is -3.69. The van der Waals surface area contributed by atoms with Crippen LogP contribution in [0.25, 0.3) is 17.4 Å². The van der Waals surface area contributed by atoms with Crippen LogP contribution in [0.5, 0.6) is 0 Å². The number of aryl methyl sites for hydroxylation is 1. The number of hydrogen-bond donors (Lipinski definition) is 1. The van der Waals surface area contributed by atoms with Crippen LogP contribution in [-0.4, -0.2) is 10.9 Å². The van der Waals surface area contributed by atoms with Crippen molar-refractivity contribution in [3.8, 4) is 0 Å². The Morgan fingerprint density at radius 3 is 1.85 bits per heavy atom. The van der Waals surface area contributed by atoms with Crippen molar-refractivity contribution in [1.29, 1.82) is 0 Å². The van der Waals surface area contributed by atoms with Crippen molar-refractivity contribution >= 4 is 39.1 Å². The second-order valence-electron chi connectivity index (χ2n) is 7.76. The van der Waals surface area contributed by atoms with Crippen LogP contribution in [0.2, 0.25) is 0 Å². The van der Waals surface area contributed by atoms with E-state index in [0.29, 0.717) is 16.7 Å². The van der Waals surface area contributed by atoms with Gasteiger partial charge in [0.2, 0.25) is 0 Å². The first kappa shape index (κ1) is 22.5. The molecule has 0 aliphatic carbocycles. The molecule has 0 atom stereocenters. The molecule has 2 nitrogen and oxygen atoms in total. The topological polar surface area (TPSA) is 37.3 Å². The zero-order valence-electron chi connectivity index (χ0n) is 18.2. The highest BCUT2D eigenvalue weighted by atomic mass is 79.9. The highest BCUT2D eigenvalue weighted by Crippen LogP contribution is 2.34. The van der Waals surface area contributed by atoms with Crippen LogP contribution in [-0.2, 0) is 0 Å². The van der Waals surface area contributed by atoms with Gasteiger partial charge in [-0.3, -0.25) is 4.79 Å². The SMILES string of the molecule is Cc1ccc(C(=O)C(/C(=C\c2ccccc2)c2ccccc2)=C(/O)c2ccc(Br)cc2)cc1. The molecule has 162 valence electrons. The molecule has 1 N–H and O–H groups in total. The number of hydrogen-bond acceptors (Lipinski definition) is 2. The van der Waals surface area contributed by atoms with Crippen molar-refractivity contribution in [2.45, 2.75) is 6.92 Å². The standard InChI is InChI=1S/C30H23BrO2/c1-21-12-14-24(15-13-21)29(32)28(30(33)25-16-18-26(31)19-17-25)27(23-10-6-3-7-11-23)20-22-8-4-2-5-9-22/h2-20,33H,1H3/b27-20-,30-28+. The molecule has 0 saturated heterocycles. The highest BCUT2D eigenvalue weighted by Gasteiger charge is 2.23. The fraction of sp³-hybridized carbons (Fsp3) is 0.0333. The van der Waals surface area contributed by atoms with Crippen LogP contribution >= 0.6 is 15.9 Å². The van der Waals surface area contributed by atoms with Crippen molar-refractivity contribution < 1.29 is 9.90 Å². The number of aliphatic hydroxyl groups excluding tert-OH is 1. The fourth-order valence-corrected chi connectivity index (χ4v) is 3.86. The maximum absolute atomic E-state index is 13.9. The number of rotatable bonds is 6. The smallest absolute Gasteiger partial charge is 0.197 e. The van der Waals surface area contributed by atoms with Crippen molar-refractivity contribution in [3.63, 3.8) is 0 Å². The molecule has 0 amide bonds. The Morgan fingerprint density at radius 1 is 0.697 bits per heavy atom.